The van der Waals surface area contributed by atoms with Crippen LogP contribution in [0.15, 0.2) is 59.9 Å². The van der Waals surface area contributed by atoms with Gasteiger partial charge in [0.05, 0.1) is 18.1 Å². The molecule has 1 aromatic carbocycles. The Morgan fingerprint density at radius 1 is 1.35 bits per heavy atom. The Kier molecular flexibility index (Phi) is 4.28. The van der Waals surface area contributed by atoms with Crippen molar-refractivity contribution >= 4 is 17.0 Å². The number of carbonyl (C=O) groups excluding carboxylic acids is 1. The molecular formula is C18H18N2O3. The molecule has 0 atom stereocenters. The number of aromatic nitrogens is 2. The minimum atomic E-state index is -0.339. The molecule has 0 amide bonds. The fraction of sp³-hybridized carbons (Fsp3) is 0.222. The number of imidazole rings is 1. The predicted molar refractivity (Wildman–Crippen MR) is 87.4 cm³/mol. The average Bonchev–Trinajstić information content (AvgIpc) is 2.76. The quantitative estimate of drug-likeness (QED) is 0.815. The van der Waals surface area contributed by atoms with Crippen LogP contribution in [0.1, 0.15) is 12.2 Å². The molecule has 118 valence electrons. The van der Waals surface area contributed by atoms with E-state index in [4.69, 9.17) is 9.47 Å². The minimum Gasteiger partial charge on any atom is -0.486 e. The number of allylic oxidation sites excluding steroid dienone is 4. The number of benzene rings is 1. The topological polar surface area (TPSA) is 53.4 Å². The van der Waals surface area contributed by atoms with Crippen molar-refractivity contribution in [2.75, 3.05) is 7.11 Å². The van der Waals surface area contributed by atoms with E-state index in [-0.39, 0.29) is 5.97 Å². The highest BCUT2D eigenvalue weighted by Crippen LogP contribution is 2.18. The SMILES string of the molecule is COC(=O)C1=CC(OCc2nc3ccccc3n2C)=CC=CC1. The zero-order valence-corrected chi connectivity index (χ0v) is 13.2. The van der Waals surface area contributed by atoms with Crippen LogP contribution in [0.2, 0.25) is 0 Å². The predicted octanol–water partition coefficient (Wildman–Crippen LogP) is 3.03. The van der Waals surface area contributed by atoms with Crippen molar-refractivity contribution in [3.8, 4) is 0 Å². The van der Waals surface area contributed by atoms with Crippen LogP contribution in [-0.4, -0.2) is 22.6 Å². The Morgan fingerprint density at radius 2 is 2.17 bits per heavy atom. The number of fused-ring (bicyclic) bond motifs is 1. The van der Waals surface area contributed by atoms with E-state index in [1.54, 1.807) is 6.08 Å². The molecule has 1 aliphatic carbocycles. The van der Waals surface area contributed by atoms with Gasteiger partial charge in [-0.1, -0.05) is 24.3 Å². The van der Waals surface area contributed by atoms with Crippen LogP contribution >= 0.6 is 0 Å². The highest BCUT2D eigenvalue weighted by atomic mass is 16.5. The molecule has 5 heteroatoms. The molecule has 0 unspecified atom stereocenters. The van der Waals surface area contributed by atoms with E-state index in [1.165, 1.54) is 7.11 Å². The van der Waals surface area contributed by atoms with E-state index in [0.717, 1.165) is 16.9 Å². The van der Waals surface area contributed by atoms with E-state index in [0.29, 0.717) is 24.4 Å². The summed E-state index contributed by atoms with van der Waals surface area (Å²) in [7, 11) is 3.34. The van der Waals surface area contributed by atoms with Gasteiger partial charge in [-0.2, -0.15) is 0 Å². The van der Waals surface area contributed by atoms with E-state index in [1.807, 2.05) is 54.1 Å². The maximum Gasteiger partial charge on any atom is 0.334 e. The number of hydrogen-bond donors (Lipinski definition) is 0. The second kappa shape index (κ2) is 6.52. The molecule has 0 bridgehead atoms. The van der Waals surface area contributed by atoms with Gasteiger partial charge in [-0.05, 0) is 30.7 Å². The van der Waals surface area contributed by atoms with Crippen LogP contribution in [0.5, 0.6) is 0 Å². The third kappa shape index (κ3) is 3.18. The van der Waals surface area contributed by atoms with Gasteiger partial charge in [0.25, 0.3) is 0 Å². The minimum absolute atomic E-state index is 0.329. The van der Waals surface area contributed by atoms with Crippen LogP contribution < -0.4 is 0 Å². The van der Waals surface area contributed by atoms with Crippen molar-refractivity contribution < 1.29 is 14.3 Å². The zero-order chi connectivity index (χ0) is 16.2. The van der Waals surface area contributed by atoms with E-state index >= 15 is 0 Å². The monoisotopic (exact) mass is 310 g/mol. The molecule has 1 aromatic heterocycles. The van der Waals surface area contributed by atoms with Crippen molar-refractivity contribution in [2.45, 2.75) is 13.0 Å². The van der Waals surface area contributed by atoms with E-state index in [9.17, 15) is 4.79 Å². The smallest absolute Gasteiger partial charge is 0.334 e. The molecule has 23 heavy (non-hydrogen) atoms. The van der Waals surface area contributed by atoms with Crippen LogP contribution in [0.25, 0.3) is 11.0 Å². The standard InChI is InChI=1S/C18H18N2O3/c1-20-16-10-6-5-9-15(16)19-17(20)12-23-14-8-4-3-7-13(11-14)18(21)22-2/h3-6,8-11H,7,12H2,1-2H3. The van der Waals surface area contributed by atoms with Gasteiger partial charge in [-0.25, -0.2) is 9.78 Å². The number of esters is 1. The number of aryl methyl sites for hydroxylation is 1. The number of hydrogen-bond acceptors (Lipinski definition) is 4. The normalized spacial score (nSPS) is 14.2. The van der Waals surface area contributed by atoms with Gasteiger partial charge < -0.3 is 14.0 Å². The average molecular weight is 310 g/mol. The van der Waals surface area contributed by atoms with Gasteiger partial charge >= 0.3 is 5.97 Å². The van der Waals surface area contributed by atoms with Crippen LogP contribution in [0, 0.1) is 0 Å². The summed E-state index contributed by atoms with van der Waals surface area (Å²) >= 11 is 0. The molecule has 0 N–H and O–H groups in total. The van der Waals surface area contributed by atoms with Crippen molar-refractivity contribution in [2.24, 2.45) is 7.05 Å². The van der Waals surface area contributed by atoms with Crippen LogP contribution in [-0.2, 0) is 27.9 Å². The molecule has 0 saturated carbocycles. The number of rotatable bonds is 4. The van der Waals surface area contributed by atoms with Crippen molar-refractivity contribution in [3.05, 3.63) is 65.7 Å². The van der Waals surface area contributed by atoms with Crippen molar-refractivity contribution in [3.63, 3.8) is 0 Å². The molecule has 0 fully saturated rings. The van der Waals surface area contributed by atoms with Gasteiger partial charge in [0, 0.05) is 12.6 Å². The second-order valence-corrected chi connectivity index (χ2v) is 5.23. The summed E-state index contributed by atoms with van der Waals surface area (Å²) in [5.74, 6) is 1.10. The molecule has 3 rings (SSSR count). The summed E-state index contributed by atoms with van der Waals surface area (Å²) in [6, 6.07) is 7.94. The summed E-state index contributed by atoms with van der Waals surface area (Å²) in [5.41, 5.74) is 2.57. The lowest BCUT2D eigenvalue weighted by Crippen LogP contribution is -2.05. The number of nitrogens with zero attached hydrogens (tertiary/aromatic N) is 2. The first-order chi connectivity index (χ1) is 11.2. The first-order valence-electron chi connectivity index (χ1n) is 7.38. The van der Waals surface area contributed by atoms with Gasteiger partial charge in [0.1, 0.15) is 18.2 Å². The first-order valence-corrected chi connectivity index (χ1v) is 7.38. The summed E-state index contributed by atoms with van der Waals surface area (Å²) < 4.78 is 12.6. The maximum absolute atomic E-state index is 11.7. The Bertz CT molecular complexity index is 828. The Labute approximate surface area is 134 Å². The van der Waals surface area contributed by atoms with Crippen molar-refractivity contribution in [1.82, 2.24) is 9.55 Å². The molecule has 0 aliphatic heterocycles. The number of carbonyl (C=O) groups is 1. The lowest BCUT2D eigenvalue weighted by atomic mass is 10.2. The fourth-order valence-corrected chi connectivity index (χ4v) is 2.47. The van der Waals surface area contributed by atoms with Gasteiger partial charge in [0.15, 0.2) is 0 Å². The highest BCUT2D eigenvalue weighted by molar-refractivity contribution is 5.89. The molecule has 1 heterocycles. The molecule has 0 saturated heterocycles. The lowest BCUT2D eigenvalue weighted by molar-refractivity contribution is -0.136. The molecule has 1 aliphatic rings. The van der Waals surface area contributed by atoms with Gasteiger partial charge in [-0.15, -0.1) is 0 Å². The first kappa shape index (κ1) is 15.1. The van der Waals surface area contributed by atoms with E-state index in [2.05, 4.69) is 4.98 Å². The lowest BCUT2D eigenvalue weighted by Gasteiger charge is -2.08. The molecule has 5 nitrogen and oxygen atoms in total. The Hall–Kier alpha value is -2.82. The van der Waals surface area contributed by atoms with Gasteiger partial charge in [-0.3, -0.25) is 0 Å². The van der Waals surface area contributed by atoms with Gasteiger partial charge in [0.2, 0.25) is 0 Å². The maximum atomic E-state index is 11.7. The molecule has 0 spiro atoms. The number of ether oxygens (including phenoxy) is 2. The van der Waals surface area contributed by atoms with Crippen LogP contribution in [0.3, 0.4) is 0 Å². The Morgan fingerprint density at radius 3 is 2.96 bits per heavy atom. The third-order valence-corrected chi connectivity index (χ3v) is 3.75. The molecule has 0 radical (unpaired) electrons. The molecular weight excluding hydrogens is 292 g/mol. The fourth-order valence-electron chi connectivity index (χ4n) is 2.47. The van der Waals surface area contributed by atoms with Crippen molar-refractivity contribution in [1.29, 1.82) is 0 Å². The summed E-state index contributed by atoms with van der Waals surface area (Å²) in [6.45, 7) is 0.329. The highest BCUT2D eigenvalue weighted by Gasteiger charge is 2.12. The largest absolute Gasteiger partial charge is 0.486 e. The second-order valence-electron chi connectivity index (χ2n) is 5.23. The third-order valence-electron chi connectivity index (χ3n) is 3.75. The van der Waals surface area contributed by atoms with E-state index < -0.39 is 0 Å². The molecule has 2 aromatic rings. The van der Waals surface area contributed by atoms with Crippen LogP contribution in [0.4, 0.5) is 0 Å². The number of para-hydroxylation sites is 2. The zero-order valence-electron chi connectivity index (χ0n) is 13.2. The Balaban J connectivity index is 1.78. The summed E-state index contributed by atoms with van der Waals surface area (Å²) in [5, 5.41) is 0. The summed E-state index contributed by atoms with van der Waals surface area (Å²) in [4.78, 5) is 16.3. The summed E-state index contributed by atoms with van der Waals surface area (Å²) in [6.07, 6.45) is 7.85. The number of methoxy groups -OCH3 is 1.